The highest BCUT2D eigenvalue weighted by Crippen LogP contribution is 2.25. The number of halogens is 3. The minimum absolute atomic E-state index is 0.489. The second-order valence-corrected chi connectivity index (χ2v) is 5.73. The molecule has 0 unspecified atom stereocenters. The second kappa shape index (κ2) is 6.32. The maximum atomic E-state index is 13.4. The molecule has 104 valence electrons. The number of hydrogen-bond acceptors (Lipinski definition) is 3. The molecule has 0 aromatic heterocycles. The first kappa shape index (κ1) is 14.9. The summed E-state index contributed by atoms with van der Waals surface area (Å²) in [6.45, 7) is 0.489. The van der Waals surface area contributed by atoms with Crippen molar-refractivity contribution in [2.24, 2.45) is 0 Å². The average molecular weight is 404 g/mol. The van der Waals surface area contributed by atoms with Crippen LogP contribution in [0.25, 0.3) is 0 Å². The van der Waals surface area contributed by atoms with Crippen LogP contribution in [0, 0.1) is 15.9 Å². The van der Waals surface area contributed by atoms with Crippen LogP contribution in [0.5, 0.6) is 0 Å². The molecule has 0 radical (unpaired) electrons. The van der Waals surface area contributed by atoms with E-state index >= 15 is 0 Å². The van der Waals surface area contributed by atoms with Gasteiger partial charge in [-0.15, -0.1) is 0 Å². The Morgan fingerprint density at radius 2 is 1.90 bits per heavy atom. The lowest BCUT2D eigenvalue weighted by atomic mass is 10.2. The van der Waals surface area contributed by atoms with E-state index in [-0.39, 0.29) is 0 Å². The van der Waals surface area contributed by atoms with E-state index in [1.807, 2.05) is 18.2 Å². The molecule has 0 aliphatic carbocycles. The standard InChI is InChI=1S/C13H9Br2FN2O2/c14-10-3-1-8(5-11(10)15)7-17-9-2-4-13(18(19)20)12(16)6-9/h1-6,17H,7H2. The molecule has 2 aromatic carbocycles. The van der Waals surface area contributed by atoms with Gasteiger partial charge in [-0.2, -0.15) is 4.39 Å². The van der Waals surface area contributed by atoms with E-state index in [1.165, 1.54) is 6.07 Å². The Morgan fingerprint density at radius 3 is 2.50 bits per heavy atom. The van der Waals surface area contributed by atoms with Crippen LogP contribution in [0.3, 0.4) is 0 Å². The average Bonchev–Trinajstić information content (AvgIpc) is 2.40. The highest BCUT2D eigenvalue weighted by atomic mass is 79.9. The number of nitro groups is 1. The van der Waals surface area contributed by atoms with Crippen LogP contribution in [-0.4, -0.2) is 4.92 Å². The van der Waals surface area contributed by atoms with E-state index in [1.54, 1.807) is 0 Å². The molecule has 0 amide bonds. The van der Waals surface area contributed by atoms with Gasteiger partial charge < -0.3 is 5.32 Å². The molecule has 0 aliphatic rings. The summed E-state index contributed by atoms with van der Waals surface area (Å²) in [4.78, 5) is 9.77. The van der Waals surface area contributed by atoms with Crippen molar-refractivity contribution < 1.29 is 9.31 Å². The molecule has 0 atom stereocenters. The predicted molar refractivity (Wildman–Crippen MR) is 82.2 cm³/mol. The number of rotatable bonds is 4. The Kier molecular flexibility index (Phi) is 4.72. The largest absolute Gasteiger partial charge is 0.381 e. The van der Waals surface area contributed by atoms with Crippen LogP contribution in [0.2, 0.25) is 0 Å². The van der Waals surface area contributed by atoms with Crippen LogP contribution in [0.1, 0.15) is 5.56 Å². The predicted octanol–water partition coefficient (Wildman–Crippen LogP) is 4.87. The van der Waals surface area contributed by atoms with E-state index in [0.29, 0.717) is 12.2 Å². The van der Waals surface area contributed by atoms with E-state index in [9.17, 15) is 14.5 Å². The van der Waals surface area contributed by atoms with Crippen molar-refractivity contribution >= 4 is 43.2 Å². The van der Waals surface area contributed by atoms with Crippen LogP contribution < -0.4 is 5.32 Å². The first-order chi connectivity index (χ1) is 9.47. The van der Waals surface area contributed by atoms with Gasteiger partial charge in [-0.25, -0.2) is 0 Å². The highest BCUT2D eigenvalue weighted by molar-refractivity contribution is 9.13. The minimum atomic E-state index is -0.850. The van der Waals surface area contributed by atoms with Gasteiger partial charge in [0.25, 0.3) is 0 Å². The Bertz CT molecular complexity index is 665. The van der Waals surface area contributed by atoms with Gasteiger partial charge in [0, 0.05) is 33.3 Å². The van der Waals surface area contributed by atoms with Crippen molar-refractivity contribution in [3.63, 3.8) is 0 Å². The van der Waals surface area contributed by atoms with Gasteiger partial charge in [0.1, 0.15) is 0 Å². The van der Waals surface area contributed by atoms with Gasteiger partial charge in [-0.1, -0.05) is 6.07 Å². The van der Waals surface area contributed by atoms with E-state index in [2.05, 4.69) is 37.2 Å². The van der Waals surface area contributed by atoms with Crippen molar-refractivity contribution in [2.75, 3.05) is 5.32 Å². The third-order valence-electron chi connectivity index (χ3n) is 2.63. The summed E-state index contributed by atoms with van der Waals surface area (Å²) in [5, 5.41) is 13.5. The molecule has 20 heavy (non-hydrogen) atoms. The summed E-state index contributed by atoms with van der Waals surface area (Å²) in [6, 6.07) is 9.50. The molecule has 0 bridgehead atoms. The Hall–Kier alpha value is -1.47. The zero-order valence-corrected chi connectivity index (χ0v) is 13.2. The summed E-state index contributed by atoms with van der Waals surface area (Å²) >= 11 is 6.78. The molecule has 0 aliphatic heterocycles. The van der Waals surface area contributed by atoms with Crippen LogP contribution in [0.4, 0.5) is 15.8 Å². The Labute approximate surface area is 131 Å². The van der Waals surface area contributed by atoms with Crippen molar-refractivity contribution in [1.82, 2.24) is 0 Å². The molecular weight excluding hydrogens is 395 g/mol. The van der Waals surface area contributed by atoms with Crippen molar-refractivity contribution in [3.05, 3.63) is 66.8 Å². The lowest BCUT2D eigenvalue weighted by Gasteiger charge is -2.08. The molecule has 0 heterocycles. The van der Waals surface area contributed by atoms with Gasteiger partial charge in [0.2, 0.25) is 5.82 Å². The van der Waals surface area contributed by atoms with Crippen LogP contribution in [-0.2, 0) is 6.54 Å². The molecule has 4 nitrogen and oxygen atoms in total. The number of nitrogens with zero attached hydrogens (tertiary/aromatic N) is 1. The van der Waals surface area contributed by atoms with Gasteiger partial charge in [-0.3, -0.25) is 10.1 Å². The molecule has 0 spiro atoms. The summed E-state index contributed by atoms with van der Waals surface area (Å²) in [6.07, 6.45) is 0. The first-order valence-electron chi connectivity index (χ1n) is 5.59. The summed E-state index contributed by atoms with van der Waals surface area (Å²) in [7, 11) is 0. The van der Waals surface area contributed by atoms with E-state index < -0.39 is 16.4 Å². The number of hydrogen-bond donors (Lipinski definition) is 1. The fraction of sp³-hybridized carbons (Fsp3) is 0.0769. The number of benzene rings is 2. The van der Waals surface area contributed by atoms with Crippen molar-refractivity contribution in [2.45, 2.75) is 6.54 Å². The maximum Gasteiger partial charge on any atom is 0.304 e. The fourth-order valence-electron chi connectivity index (χ4n) is 1.62. The Morgan fingerprint density at radius 1 is 1.15 bits per heavy atom. The molecule has 1 N–H and O–H groups in total. The first-order valence-corrected chi connectivity index (χ1v) is 7.17. The number of nitrogens with one attached hydrogen (secondary N) is 1. The third kappa shape index (κ3) is 3.55. The molecule has 0 fully saturated rings. The molecular formula is C13H9Br2FN2O2. The molecule has 2 rings (SSSR count). The van der Waals surface area contributed by atoms with Gasteiger partial charge in [-0.05, 0) is 55.6 Å². The molecule has 0 saturated carbocycles. The smallest absolute Gasteiger partial charge is 0.304 e. The van der Waals surface area contributed by atoms with Gasteiger partial charge in [0.05, 0.1) is 4.92 Å². The zero-order valence-electron chi connectivity index (χ0n) is 10.1. The van der Waals surface area contributed by atoms with Crippen molar-refractivity contribution in [3.8, 4) is 0 Å². The lowest BCUT2D eigenvalue weighted by Crippen LogP contribution is -2.01. The van der Waals surface area contributed by atoms with Crippen LogP contribution in [0.15, 0.2) is 45.3 Å². The second-order valence-electron chi connectivity index (χ2n) is 4.03. The van der Waals surface area contributed by atoms with Crippen LogP contribution >= 0.6 is 31.9 Å². The summed E-state index contributed by atoms with van der Waals surface area (Å²) in [5.41, 5.74) is 0.966. The topological polar surface area (TPSA) is 55.2 Å². The van der Waals surface area contributed by atoms with Gasteiger partial charge in [0.15, 0.2) is 0 Å². The highest BCUT2D eigenvalue weighted by Gasteiger charge is 2.13. The number of anilines is 1. The van der Waals surface area contributed by atoms with Gasteiger partial charge >= 0.3 is 5.69 Å². The molecule has 7 heteroatoms. The monoisotopic (exact) mass is 402 g/mol. The van der Waals surface area contributed by atoms with E-state index in [4.69, 9.17) is 0 Å². The summed E-state index contributed by atoms with van der Waals surface area (Å²) < 4.78 is 15.3. The van der Waals surface area contributed by atoms with E-state index in [0.717, 1.165) is 26.6 Å². The molecule has 2 aromatic rings. The normalized spacial score (nSPS) is 10.3. The minimum Gasteiger partial charge on any atom is -0.381 e. The Balaban J connectivity index is 2.09. The lowest BCUT2D eigenvalue weighted by molar-refractivity contribution is -0.387. The summed E-state index contributed by atoms with van der Waals surface area (Å²) in [5.74, 6) is -0.850. The zero-order chi connectivity index (χ0) is 14.7. The SMILES string of the molecule is O=[N+]([O-])c1ccc(NCc2ccc(Br)c(Br)c2)cc1F. The van der Waals surface area contributed by atoms with Crippen molar-refractivity contribution in [1.29, 1.82) is 0 Å². The number of nitro benzene ring substituents is 1. The molecule has 0 saturated heterocycles. The third-order valence-corrected chi connectivity index (χ3v) is 4.50. The maximum absolute atomic E-state index is 13.4. The fourth-order valence-corrected chi connectivity index (χ4v) is 2.29. The quantitative estimate of drug-likeness (QED) is 0.585.